The van der Waals surface area contributed by atoms with Gasteiger partial charge in [-0.15, -0.1) is 0 Å². The average Bonchev–Trinajstić information content (AvgIpc) is 1.84. The van der Waals surface area contributed by atoms with Crippen LogP contribution in [-0.4, -0.2) is 17.3 Å². The first-order valence-corrected chi connectivity index (χ1v) is 4.38. The quantitative estimate of drug-likeness (QED) is 0.651. The maximum Gasteiger partial charge on any atom is 0.0713 e. The number of aliphatic hydroxyl groups is 1. The molecule has 0 aliphatic carbocycles. The van der Waals surface area contributed by atoms with Crippen molar-refractivity contribution in [3.8, 4) is 0 Å². The molecule has 0 fully saturated rings. The molecule has 2 heteroatoms. The van der Waals surface area contributed by atoms with Crippen molar-refractivity contribution in [3.05, 3.63) is 0 Å². The van der Waals surface area contributed by atoms with Crippen LogP contribution in [0.4, 0.5) is 0 Å². The molecule has 0 bridgehead atoms. The van der Waals surface area contributed by atoms with Gasteiger partial charge in [0.25, 0.3) is 0 Å². The van der Waals surface area contributed by atoms with Crippen molar-refractivity contribution < 1.29 is 5.11 Å². The fourth-order valence-corrected chi connectivity index (χ4v) is 1.18. The largest absolute Gasteiger partial charge is 0.391 e. The molecule has 2 nitrogen and oxygen atoms in total. The summed E-state index contributed by atoms with van der Waals surface area (Å²) in [5.41, 5.74) is 5.77. The van der Waals surface area contributed by atoms with Gasteiger partial charge in [0.05, 0.1) is 6.10 Å². The van der Waals surface area contributed by atoms with Crippen molar-refractivity contribution in [1.82, 2.24) is 0 Å². The van der Waals surface area contributed by atoms with E-state index in [-0.39, 0.29) is 18.1 Å². The topological polar surface area (TPSA) is 46.2 Å². The predicted molar refractivity (Wildman–Crippen MR) is 48.3 cm³/mol. The zero-order valence-electron chi connectivity index (χ0n) is 8.04. The van der Waals surface area contributed by atoms with E-state index in [1.165, 1.54) is 0 Å². The Morgan fingerprint density at radius 3 is 1.91 bits per heavy atom. The Morgan fingerprint density at radius 1 is 1.18 bits per heavy atom. The fraction of sp³-hybridized carbons (Fsp3) is 1.00. The number of hydrogen-bond acceptors (Lipinski definition) is 2. The lowest BCUT2D eigenvalue weighted by Gasteiger charge is -2.23. The van der Waals surface area contributed by atoms with Crippen LogP contribution in [0.15, 0.2) is 0 Å². The van der Waals surface area contributed by atoms with Gasteiger partial charge in [-0.1, -0.05) is 27.7 Å². The fourth-order valence-electron chi connectivity index (χ4n) is 1.18. The van der Waals surface area contributed by atoms with Crippen LogP contribution >= 0.6 is 0 Å². The van der Waals surface area contributed by atoms with Gasteiger partial charge in [-0.2, -0.15) is 0 Å². The first-order chi connectivity index (χ1) is 4.95. The summed E-state index contributed by atoms with van der Waals surface area (Å²) < 4.78 is 0. The lowest BCUT2D eigenvalue weighted by atomic mass is 9.93. The van der Waals surface area contributed by atoms with E-state index in [0.29, 0.717) is 5.92 Å². The molecule has 0 aromatic rings. The maximum absolute atomic E-state index is 9.52. The number of aliphatic hydroxyl groups excluding tert-OH is 1. The smallest absolute Gasteiger partial charge is 0.0713 e. The lowest BCUT2D eigenvalue weighted by Crippen LogP contribution is -2.39. The Bertz CT molecular complexity index is 102. The van der Waals surface area contributed by atoms with E-state index in [1.807, 2.05) is 13.8 Å². The Balaban J connectivity index is 3.73. The molecule has 0 aliphatic heterocycles. The van der Waals surface area contributed by atoms with Crippen LogP contribution < -0.4 is 5.73 Å². The summed E-state index contributed by atoms with van der Waals surface area (Å²) in [6.07, 6.45) is 0.552. The van der Waals surface area contributed by atoms with Gasteiger partial charge in [0.15, 0.2) is 0 Å². The van der Waals surface area contributed by atoms with Gasteiger partial charge in [0.2, 0.25) is 0 Å². The van der Waals surface area contributed by atoms with Gasteiger partial charge < -0.3 is 10.8 Å². The second-order valence-electron chi connectivity index (χ2n) is 4.03. The number of hydrogen-bond donors (Lipinski definition) is 2. The standard InChI is InChI=1S/C9H21NO/c1-6(2)5-8(10)9(11)7(3)4/h6-9,11H,5,10H2,1-4H3. The molecule has 11 heavy (non-hydrogen) atoms. The van der Waals surface area contributed by atoms with Crippen molar-refractivity contribution >= 4 is 0 Å². The summed E-state index contributed by atoms with van der Waals surface area (Å²) in [5.74, 6) is 0.835. The monoisotopic (exact) mass is 159 g/mol. The molecule has 0 aromatic carbocycles. The molecule has 0 saturated carbocycles. The van der Waals surface area contributed by atoms with E-state index < -0.39 is 0 Å². The van der Waals surface area contributed by atoms with Crippen molar-refractivity contribution in [2.75, 3.05) is 0 Å². The summed E-state index contributed by atoms with van der Waals surface area (Å²) in [5, 5.41) is 9.52. The van der Waals surface area contributed by atoms with Gasteiger partial charge in [-0.25, -0.2) is 0 Å². The minimum absolute atomic E-state index is 0.0602. The first-order valence-electron chi connectivity index (χ1n) is 4.38. The van der Waals surface area contributed by atoms with Crippen molar-refractivity contribution in [2.45, 2.75) is 46.3 Å². The van der Waals surface area contributed by atoms with Gasteiger partial charge in [0.1, 0.15) is 0 Å². The molecule has 0 rings (SSSR count). The highest BCUT2D eigenvalue weighted by molar-refractivity contribution is 4.75. The Kier molecular flexibility index (Phi) is 4.69. The van der Waals surface area contributed by atoms with Crippen LogP contribution in [0.25, 0.3) is 0 Å². The van der Waals surface area contributed by atoms with E-state index in [1.54, 1.807) is 0 Å². The van der Waals surface area contributed by atoms with Crippen LogP contribution in [0.1, 0.15) is 34.1 Å². The Hall–Kier alpha value is -0.0800. The van der Waals surface area contributed by atoms with Gasteiger partial charge >= 0.3 is 0 Å². The predicted octanol–water partition coefficient (Wildman–Crippen LogP) is 1.38. The third kappa shape index (κ3) is 4.38. The molecule has 0 aromatic heterocycles. The molecule has 0 saturated heterocycles. The molecule has 0 spiro atoms. The maximum atomic E-state index is 9.52. The molecule has 68 valence electrons. The van der Waals surface area contributed by atoms with Crippen LogP contribution in [0.5, 0.6) is 0 Å². The highest BCUT2D eigenvalue weighted by atomic mass is 16.3. The minimum atomic E-state index is -0.350. The molecular weight excluding hydrogens is 138 g/mol. The molecular formula is C9H21NO. The van der Waals surface area contributed by atoms with Gasteiger partial charge in [-0.3, -0.25) is 0 Å². The molecule has 2 atom stereocenters. The van der Waals surface area contributed by atoms with Crippen molar-refractivity contribution in [3.63, 3.8) is 0 Å². The molecule has 0 amide bonds. The second-order valence-corrected chi connectivity index (χ2v) is 4.03. The Morgan fingerprint density at radius 2 is 1.64 bits per heavy atom. The van der Waals surface area contributed by atoms with Crippen LogP contribution in [-0.2, 0) is 0 Å². The molecule has 0 heterocycles. The lowest BCUT2D eigenvalue weighted by molar-refractivity contribution is 0.0900. The normalized spacial score (nSPS) is 17.5. The Labute approximate surface area is 69.8 Å². The summed E-state index contributed by atoms with van der Waals surface area (Å²) in [6, 6.07) is -0.0602. The first kappa shape index (κ1) is 10.9. The molecule has 0 aliphatic rings. The second kappa shape index (κ2) is 4.73. The van der Waals surface area contributed by atoms with Crippen LogP contribution in [0.3, 0.4) is 0 Å². The molecule has 2 unspecified atom stereocenters. The highest BCUT2D eigenvalue weighted by Gasteiger charge is 2.18. The van der Waals surface area contributed by atoms with Crippen LogP contribution in [0.2, 0.25) is 0 Å². The third-order valence-corrected chi connectivity index (χ3v) is 1.87. The summed E-state index contributed by atoms with van der Waals surface area (Å²) >= 11 is 0. The van der Waals surface area contributed by atoms with Crippen LogP contribution in [0, 0.1) is 11.8 Å². The third-order valence-electron chi connectivity index (χ3n) is 1.87. The van der Waals surface area contributed by atoms with E-state index in [9.17, 15) is 5.11 Å². The molecule has 0 radical (unpaired) electrons. The SMILES string of the molecule is CC(C)CC(N)C(O)C(C)C. The minimum Gasteiger partial charge on any atom is -0.391 e. The van der Waals surface area contributed by atoms with E-state index >= 15 is 0 Å². The number of rotatable bonds is 4. The highest BCUT2D eigenvalue weighted by Crippen LogP contribution is 2.11. The van der Waals surface area contributed by atoms with Crippen molar-refractivity contribution in [2.24, 2.45) is 17.6 Å². The zero-order chi connectivity index (χ0) is 9.02. The zero-order valence-corrected chi connectivity index (χ0v) is 8.04. The van der Waals surface area contributed by atoms with Gasteiger partial charge in [0, 0.05) is 6.04 Å². The average molecular weight is 159 g/mol. The molecule has 3 N–H and O–H groups in total. The van der Waals surface area contributed by atoms with Gasteiger partial charge in [-0.05, 0) is 18.3 Å². The summed E-state index contributed by atoms with van der Waals surface area (Å²) in [4.78, 5) is 0. The summed E-state index contributed by atoms with van der Waals surface area (Å²) in [6.45, 7) is 8.22. The number of nitrogens with two attached hydrogens (primary N) is 1. The van der Waals surface area contributed by atoms with E-state index in [2.05, 4.69) is 13.8 Å². The van der Waals surface area contributed by atoms with Crippen molar-refractivity contribution in [1.29, 1.82) is 0 Å². The summed E-state index contributed by atoms with van der Waals surface area (Å²) in [7, 11) is 0. The van der Waals surface area contributed by atoms with E-state index in [4.69, 9.17) is 5.73 Å². The van der Waals surface area contributed by atoms with E-state index in [0.717, 1.165) is 6.42 Å².